The lowest BCUT2D eigenvalue weighted by Crippen LogP contribution is -2.27. The first-order valence-corrected chi connectivity index (χ1v) is 11.0. The largest absolute Gasteiger partial charge is 0.476 e. The van der Waals surface area contributed by atoms with E-state index in [9.17, 15) is 36.6 Å². The normalized spacial score (nSPS) is 16.3. The van der Waals surface area contributed by atoms with Crippen molar-refractivity contribution in [2.75, 3.05) is 16.5 Å². The molecule has 2 aliphatic rings. The average Bonchev–Trinajstić information content (AvgIpc) is 3.23. The minimum Gasteiger partial charge on any atom is -0.476 e. The standard InChI is InChI=1S/C26H16F5N3O3/c27-18-19(28)21(30)24(22(31)20(18)29)33-10-4-5-14-11-13(8-9-17(14)33)12-16-23(26(36)37)32-34(25(16)35)15-6-2-1-3-7-15/h1-3,6-9,11-12H,4-5,10H2,(H,36,37)/b16-12-. The van der Waals surface area contributed by atoms with Gasteiger partial charge in [0, 0.05) is 12.2 Å². The van der Waals surface area contributed by atoms with Crippen LogP contribution in [-0.2, 0) is 16.0 Å². The summed E-state index contributed by atoms with van der Waals surface area (Å²) in [5, 5.41) is 14.5. The minimum atomic E-state index is -2.24. The Kier molecular flexibility index (Phi) is 5.98. The Bertz CT molecular complexity index is 1490. The first kappa shape index (κ1) is 24.2. The summed E-state index contributed by atoms with van der Waals surface area (Å²) in [7, 11) is 0. The number of benzene rings is 3. The lowest BCUT2D eigenvalue weighted by atomic mass is 9.97. The number of aliphatic carboxylic acids is 1. The van der Waals surface area contributed by atoms with Gasteiger partial charge in [-0.3, -0.25) is 4.79 Å². The molecule has 37 heavy (non-hydrogen) atoms. The van der Waals surface area contributed by atoms with Crippen LogP contribution >= 0.6 is 0 Å². The zero-order valence-electron chi connectivity index (χ0n) is 18.8. The van der Waals surface area contributed by atoms with E-state index in [0.717, 1.165) is 9.91 Å². The maximum Gasteiger partial charge on any atom is 0.357 e. The Morgan fingerprint density at radius 1 is 0.919 bits per heavy atom. The van der Waals surface area contributed by atoms with Crippen LogP contribution < -0.4 is 9.91 Å². The third kappa shape index (κ3) is 4.02. The van der Waals surface area contributed by atoms with Crippen LogP contribution in [0.15, 0.2) is 59.2 Å². The molecule has 6 nitrogen and oxygen atoms in total. The van der Waals surface area contributed by atoms with Gasteiger partial charge in [0.05, 0.1) is 11.3 Å². The Morgan fingerprint density at radius 3 is 2.22 bits per heavy atom. The second kappa shape index (κ2) is 9.16. The summed E-state index contributed by atoms with van der Waals surface area (Å²) in [6, 6.07) is 12.7. The second-order valence-electron chi connectivity index (χ2n) is 8.33. The molecule has 1 amide bonds. The number of fused-ring (bicyclic) bond motifs is 1. The number of carboxylic acids is 1. The Morgan fingerprint density at radius 2 is 1.57 bits per heavy atom. The van der Waals surface area contributed by atoms with E-state index in [1.165, 1.54) is 18.2 Å². The molecule has 2 heterocycles. The van der Waals surface area contributed by atoms with Crippen molar-refractivity contribution in [2.24, 2.45) is 5.10 Å². The zero-order chi connectivity index (χ0) is 26.4. The number of hydrazone groups is 1. The third-order valence-electron chi connectivity index (χ3n) is 6.07. The summed E-state index contributed by atoms with van der Waals surface area (Å²) in [6.07, 6.45) is 2.09. The number of carboxylic acid groups (broad SMARTS) is 1. The summed E-state index contributed by atoms with van der Waals surface area (Å²) >= 11 is 0. The van der Waals surface area contributed by atoms with Crippen LogP contribution in [0.3, 0.4) is 0 Å². The molecule has 5 rings (SSSR count). The average molecular weight is 513 g/mol. The van der Waals surface area contributed by atoms with Crippen molar-refractivity contribution in [3.8, 4) is 0 Å². The Balaban J connectivity index is 1.54. The number of hydrogen-bond donors (Lipinski definition) is 1. The molecule has 0 unspecified atom stereocenters. The highest BCUT2D eigenvalue weighted by atomic mass is 19.2. The van der Waals surface area contributed by atoms with Gasteiger partial charge in [-0.15, -0.1) is 0 Å². The van der Waals surface area contributed by atoms with Crippen LogP contribution in [0.4, 0.5) is 39.0 Å². The molecule has 0 radical (unpaired) electrons. The van der Waals surface area contributed by atoms with Crippen molar-refractivity contribution >= 4 is 40.7 Å². The second-order valence-corrected chi connectivity index (χ2v) is 8.33. The highest BCUT2D eigenvalue weighted by Crippen LogP contribution is 2.39. The van der Waals surface area contributed by atoms with Crippen molar-refractivity contribution < 1.29 is 36.6 Å². The molecular formula is C26H16F5N3O3. The molecule has 0 aliphatic carbocycles. The molecule has 188 valence electrons. The summed E-state index contributed by atoms with van der Waals surface area (Å²) in [6.45, 7) is 0.00608. The fourth-order valence-electron chi connectivity index (χ4n) is 4.38. The number of amides is 1. The van der Waals surface area contributed by atoms with Crippen molar-refractivity contribution in [3.05, 3.63) is 94.3 Å². The summed E-state index contributed by atoms with van der Waals surface area (Å²) in [4.78, 5) is 25.8. The van der Waals surface area contributed by atoms with Crippen molar-refractivity contribution in [2.45, 2.75) is 12.8 Å². The highest BCUT2D eigenvalue weighted by Gasteiger charge is 2.35. The number of rotatable bonds is 4. The van der Waals surface area contributed by atoms with Crippen molar-refractivity contribution in [1.82, 2.24) is 0 Å². The summed E-state index contributed by atoms with van der Waals surface area (Å²) in [5.74, 6) is -12.3. The molecule has 0 spiro atoms. The van der Waals surface area contributed by atoms with E-state index >= 15 is 0 Å². The van der Waals surface area contributed by atoms with Gasteiger partial charge in [0.2, 0.25) is 5.82 Å². The van der Waals surface area contributed by atoms with E-state index < -0.39 is 52.4 Å². The van der Waals surface area contributed by atoms with Crippen LogP contribution in [0.5, 0.6) is 0 Å². The van der Waals surface area contributed by atoms with Crippen LogP contribution in [0, 0.1) is 29.1 Å². The van der Waals surface area contributed by atoms with Gasteiger partial charge in [-0.1, -0.05) is 24.3 Å². The lowest BCUT2D eigenvalue weighted by Gasteiger charge is -2.32. The van der Waals surface area contributed by atoms with Gasteiger partial charge in [0.1, 0.15) is 5.69 Å². The van der Waals surface area contributed by atoms with Gasteiger partial charge in [0.25, 0.3) is 5.91 Å². The Hall–Kier alpha value is -4.54. The highest BCUT2D eigenvalue weighted by molar-refractivity contribution is 6.53. The minimum absolute atomic E-state index is 0.00608. The predicted octanol–water partition coefficient (Wildman–Crippen LogP) is 5.34. The molecular weight excluding hydrogens is 497 g/mol. The van der Waals surface area contributed by atoms with E-state index in [0.29, 0.717) is 29.7 Å². The maximum atomic E-state index is 14.5. The van der Waals surface area contributed by atoms with Crippen LogP contribution in [0.25, 0.3) is 6.08 Å². The Labute approximate surface area is 206 Å². The van der Waals surface area contributed by atoms with Crippen LogP contribution in [0.2, 0.25) is 0 Å². The fraction of sp³-hybridized carbons (Fsp3) is 0.115. The number of aryl methyl sites for hydroxylation is 1. The zero-order valence-corrected chi connectivity index (χ0v) is 18.8. The molecule has 0 bridgehead atoms. The first-order valence-electron chi connectivity index (χ1n) is 11.0. The van der Waals surface area contributed by atoms with Gasteiger partial charge >= 0.3 is 5.97 Å². The number of anilines is 3. The smallest absolute Gasteiger partial charge is 0.357 e. The van der Waals surface area contributed by atoms with Crippen LogP contribution in [-0.4, -0.2) is 29.2 Å². The topological polar surface area (TPSA) is 73.2 Å². The van der Waals surface area contributed by atoms with Crippen molar-refractivity contribution in [3.63, 3.8) is 0 Å². The van der Waals surface area contributed by atoms with E-state index in [-0.39, 0.29) is 17.8 Å². The van der Waals surface area contributed by atoms with E-state index in [1.54, 1.807) is 36.4 Å². The molecule has 3 aromatic rings. The predicted molar refractivity (Wildman–Crippen MR) is 125 cm³/mol. The monoisotopic (exact) mass is 513 g/mol. The molecule has 0 fully saturated rings. The maximum absolute atomic E-state index is 14.5. The fourth-order valence-corrected chi connectivity index (χ4v) is 4.38. The van der Waals surface area contributed by atoms with Gasteiger partial charge in [-0.2, -0.15) is 10.1 Å². The number of hydrogen-bond acceptors (Lipinski definition) is 4. The molecule has 2 aliphatic heterocycles. The molecule has 0 saturated carbocycles. The molecule has 3 aromatic carbocycles. The molecule has 0 saturated heterocycles. The van der Waals surface area contributed by atoms with E-state index in [2.05, 4.69) is 5.10 Å². The van der Waals surface area contributed by atoms with Gasteiger partial charge in [-0.05, 0) is 54.3 Å². The van der Waals surface area contributed by atoms with Gasteiger partial charge in [-0.25, -0.2) is 26.7 Å². The number of nitrogens with zero attached hydrogens (tertiary/aromatic N) is 3. The third-order valence-corrected chi connectivity index (χ3v) is 6.07. The van der Waals surface area contributed by atoms with E-state index in [4.69, 9.17) is 0 Å². The number of carbonyl (C=O) groups excluding carboxylic acids is 1. The first-order chi connectivity index (χ1) is 17.7. The van der Waals surface area contributed by atoms with Crippen molar-refractivity contribution in [1.29, 1.82) is 0 Å². The number of halogens is 5. The van der Waals surface area contributed by atoms with E-state index in [1.807, 2.05) is 0 Å². The summed E-state index contributed by atoms with van der Waals surface area (Å²) < 4.78 is 70.2. The number of carbonyl (C=O) groups is 2. The molecule has 1 N–H and O–H groups in total. The lowest BCUT2D eigenvalue weighted by molar-refractivity contribution is -0.129. The molecule has 0 aromatic heterocycles. The van der Waals surface area contributed by atoms with Gasteiger partial charge in [0.15, 0.2) is 29.0 Å². The summed E-state index contributed by atoms with van der Waals surface area (Å²) in [5.41, 5.74) is -0.175. The molecule has 0 atom stereocenters. The van der Waals surface area contributed by atoms with Gasteiger partial charge < -0.3 is 10.0 Å². The molecule has 11 heteroatoms. The number of para-hydroxylation sites is 1. The quantitative estimate of drug-likeness (QED) is 0.221. The SMILES string of the molecule is O=C(O)C1=NN(c2ccccc2)C(=O)/C1=C\c1ccc2c(c1)CCCN2c1c(F)c(F)c(F)c(F)c1F. The van der Waals surface area contributed by atoms with Crippen LogP contribution in [0.1, 0.15) is 17.5 Å².